The van der Waals surface area contributed by atoms with Crippen LogP contribution in [0.5, 0.6) is 0 Å². The Balaban J connectivity index is 1.65. The first kappa shape index (κ1) is 23.4. The molecule has 3 aromatic heterocycles. The van der Waals surface area contributed by atoms with E-state index in [0.717, 1.165) is 30.2 Å². The number of nitrogens with one attached hydrogen (secondary N) is 1. The molecule has 3 aromatic rings. The molecule has 1 atom stereocenters. The maximum Gasteiger partial charge on any atom is 0.257 e. The molecular weight excluding hydrogens is 406 g/mol. The maximum atomic E-state index is 13.0. The van der Waals surface area contributed by atoms with Gasteiger partial charge in [0, 0.05) is 18.8 Å². The highest BCUT2D eigenvalue weighted by molar-refractivity contribution is 7.13. The van der Waals surface area contributed by atoms with Crippen LogP contribution in [0.15, 0.2) is 36.0 Å². The molecule has 7 heteroatoms. The van der Waals surface area contributed by atoms with E-state index in [4.69, 9.17) is 0 Å². The van der Waals surface area contributed by atoms with E-state index in [1.165, 1.54) is 38.5 Å². The molecule has 1 unspecified atom stereocenters. The molecule has 0 radical (unpaired) electrons. The van der Waals surface area contributed by atoms with Crippen molar-refractivity contribution in [3.63, 3.8) is 0 Å². The normalized spacial score (nSPS) is 12.5. The molecule has 1 amide bonds. The van der Waals surface area contributed by atoms with E-state index >= 15 is 0 Å². The van der Waals surface area contributed by atoms with Gasteiger partial charge in [-0.2, -0.15) is 5.10 Å². The number of thiophene rings is 1. The second-order valence-corrected chi connectivity index (χ2v) is 9.14. The van der Waals surface area contributed by atoms with Gasteiger partial charge in [-0.15, -0.1) is 11.3 Å². The van der Waals surface area contributed by atoms with Crippen molar-refractivity contribution in [3.05, 3.63) is 41.5 Å². The van der Waals surface area contributed by atoms with Crippen molar-refractivity contribution in [1.82, 2.24) is 24.8 Å². The van der Waals surface area contributed by atoms with Gasteiger partial charge < -0.3 is 10.2 Å². The molecule has 0 aliphatic rings. The van der Waals surface area contributed by atoms with Crippen LogP contribution in [0.25, 0.3) is 16.2 Å². The smallest absolute Gasteiger partial charge is 0.257 e. The number of carbonyl (C=O) groups is 1. The molecule has 6 nitrogen and oxygen atoms in total. The molecule has 0 bridgehead atoms. The van der Waals surface area contributed by atoms with Gasteiger partial charge in [-0.3, -0.25) is 4.79 Å². The Morgan fingerprint density at radius 2 is 1.90 bits per heavy atom. The molecule has 3 rings (SSSR count). The fourth-order valence-corrected chi connectivity index (χ4v) is 4.60. The lowest BCUT2D eigenvalue weighted by atomic mass is 10.2. The summed E-state index contributed by atoms with van der Waals surface area (Å²) in [6.45, 7) is 9.62. The number of rotatable bonds is 13. The third kappa shape index (κ3) is 6.37. The van der Waals surface area contributed by atoms with Gasteiger partial charge in [0.15, 0.2) is 5.65 Å². The summed E-state index contributed by atoms with van der Waals surface area (Å²) in [5, 5.41) is 9.66. The van der Waals surface area contributed by atoms with Crippen LogP contribution < -0.4 is 5.32 Å². The van der Waals surface area contributed by atoms with Crippen LogP contribution in [-0.4, -0.2) is 51.1 Å². The van der Waals surface area contributed by atoms with Crippen LogP contribution in [0.2, 0.25) is 0 Å². The summed E-state index contributed by atoms with van der Waals surface area (Å²) in [5.74, 6) is -0.111. The summed E-state index contributed by atoms with van der Waals surface area (Å²) in [6.07, 6.45) is 10.8. The number of hydrogen-bond donors (Lipinski definition) is 1. The maximum absolute atomic E-state index is 13.0. The lowest BCUT2D eigenvalue weighted by molar-refractivity contribution is 0.0930. The Bertz CT molecular complexity index is 927. The molecule has 0 aliphatic heterocycles. The van der Waals surface area contributed by atoms with Gasteiger partial charge in [0.05, 0.1) is 16.8 Å². The van der Waals surface area contributed by atoms with E-state index in [9.17, 15) is 4.79 Å². The second-order valence-electron chi connectivity index (χ2n) is 8.19. The highest BCUT2D eigenvalue weighted by Crippen LogP contribution is 2.25. The zero-order valence-corrected chi connectivity index (χ0v) is 19.8. The van der Waals surface area contributed by atoms with Crippen LogP contribution in [0.3, 0.4) is 0 Å². The van der Waals surface area contributed by atoms with Crippen LogP contribution in [0.1, 0.15) is 69.7 Å². The third-order valence-electron chi connectivity index (χ3n) is 5.48. The van der Waals surface area contributed by atoms with Crippen LogP contribution >= 0.6 is 11.3 Å². The zero-order valence-electron chi connectivity index (χ0n) is 19.0. The highest BCUT2D eigenvalue weighted by Gasteiger charge is 2.19. The van der Waals surface area contributed by atoms with Crippen LogP contribution in [-0.2, 0) is 0 Å². The third-order valence-corrected chi connectivity index (χ3v) is 6.38. The van der Waals surface area contributed by atoms with Crippen molar-refractivity contribution in [3.8, 4) is 10.6 Å². The lowest BCUT2D eigenvalue weighted by Crippen LogP contribution is -2.42. The monoisotopic (exact) mass is 441 g/mol. The Morgan fingerprint density at radius 3 is 2.55 bits per heavy atom. The first-order chi connectivity index (χ1) is 15.1. The van der Waals surface area contributed by atoms with Crippen molar-refractivity contribution < 1.29 is 4.79 Å². The molecule has 168 valence electrons. The van der Waals surface area contributed by atoms with Gasteiger partial charge in [0.2, 0.25) is 0 Å². The quantitative estimate of drug-likeness (QED) is 0.368. The second kappa shape index (κ2) is 12.0. The lowest BCUT2D eigenvalue weighted by Gasteiger charge is -2.26. The van der Waals surface area contributed by atoms with Crippen LogP contribution in [0, 0.1) is 0 Å². The zero-order chi connectivity index (χ0) is 22.1. The molecule has 0 saturated heterocycles. The Kier molecular flexibility index (Phi) is 9.03. The van der Waals surface area contributed by atoms with E-state index in [0.29, 0.717) is 11.2 Å². The fourth-order valence-electron chi connectivity index (χ4n) is 3.86. The van der Waals surface area contributed by atoms with Crippen molar-refractivity contribution in [2.24, 2.45) is 0 Å². The molecule has 3 heterocycles. The van der Waals surface area contributed by atoms with Gasteiger partial charge in [-0.05, 0) is 50.4 Å². The summed E-state index contributed by atoms with van der Waals surface area (Å²) in [7, 11) is 0. The first-order valence-corrected chi connectivity index (χ1v) is 12.4. The highest BCUT2D eigenvalue weighted by atomic mass is 32.1. The summed E-state index contributed by atoms with van der Waals surface area (Å²) >= 11 is 1.65. The van der Waals surface area contributed by atoms with Crippen LogP contribution in [0.4, 0.5) is 0 Å². The molecule has 31 heavy (non-hydrogen) atoms. The minimum atomic E-state index is -0.111. The Hall–Kier alpha value is -2.25. The predicted octanol–water partition coefficient (Wildman–Crippen LogP) is 5.26. The molecule has 0 spiro atoms. The van der Waals surface area contributed by atoms with E-state index in [2.05, 4.69) is 47.1 Å². The summed E-state index contributed by atoms with van der Waals surface area (Å²) in [5.41, 5.74) is 2.07. The molecule has 0 aliphatic carbocycles. The minimum absolute atomic E-state index is 0.0613. The van der Waals surface area contributed by atoms with Crippen molar-refractivity contribution in [2.45, 2.75) is 65.3 Å². The van der Waals surface area contributed by atoms with Crippen molar-refractivity contribution in [1.29, 1.82) is 0 Å². The number of nitrogens with zero attached hydrogens (tertiary/aromatic N) is 4. The number of carbonyl (C=O) groups excluding carboxylic acids is 1. The number of fused-ring (bicyclic) bond motifs is 1. The van der Waals surface area contributed by atoms with Crippen molar-refractivity contribution in [2.75, 3.05) is 19.6 Å². The van der Waals surface area contributed by atoms with E-state index in [1.54, 1.807) is 28.2 Å². The molecule has 0 saturated carbocycles. The summed E-state index contributed by atoms with van der Waals surface area (Å²) in [4.78, 5) is 21.0. The Morgan fingerprint density at radius 1 is 1.16 bits per heavy atom. The molecule has 1 N–H and O–H groups in total. The number of unbranched alkanes of at least 4 members (excludes halogenated alkanes) is 4. The SMILES string of the molecule is CCCCCN(CCCCC)CC(C)NC(=O)c1cnn2c(-c3cccs3)ccnc12. The predicted molar refractivity (Wildman–Crippen MR) is 129 cm³/mol. The van der Waals surface area contributed by atoms with Gasteiger partial charge in [-0.25, -0.2) is 9.50 Å². The van der Waals surface area contributed by atoms with Crippen molar-refractivity contribution >= 4 is 22.9 Å². The van der Waals surface area contributed by atoms with Gasteiger partial charge in [-0.1, -0.05) is 45.6 Å². The first-order valence-electron chi connectivity index (χ1n) is 11.5. The average molecular weight is 442 g/mol. The number of hydrogen-bond acceptors (Lipinski definition) is 5. The number of amides is 1. The largest absolute Gasteiger partial charge is 0.348 e. The Labute approximate surface area is 189 Å². The summed E-state index contributed by atoms with van der Waals surface area (Å²) in [6, 6.07) is 6.05. The fraction of sp³-hybridized carbons (Fsp3) is 0.542. The molecule has 0 aromatic carbocycles. The van der Waals surface area contributed by atoms with E-state index in [1.807, 2.05) is 17.5 Å². The van der Waals surface area contributed by atoms with Gasteiger partial charge >= 0.3 is 0 Å². The van der Waals surface area contributed by atoms with Gasteiger partial charge in [0.25, 0.3) is 5.91 Å². The average Bonchev–Trinajstić information content (AvgIpc) is 3.43. The topological polar surface area (TPSA) is 62.5 Å². The molecular formula is C24H35N5OS. The number of aromatic nitrogens is 3. The summed E-state index contributed by atoms with van der Waals surface area (Å²) < 4.78 is 1.76. The van der Waals surface area contributed by atoms with Gasteiger partial charge in [0.1, 0.15) is 5.56 Å². The molecule has 0 fully saturated rings. The minimum Gasteiger partial charge on any atom is -0.348 e. The standard InChI is InChI=1S/C24H35N5OS/c1-4-6-8-14-28(15-9-7-5-2)18-19(3)27-24(30)20-17-26-29-21(12-13-25-23(20)29)22-11-10-16-31-22/h10-13,16-17,19H,4-9,14-15,18H2,1-3H3,(H,27,30). The van der Waals surface area contributed by atoms with E-state index < -0.39 is 0 Å². The van der Waals surface area contributed by atoms with E-state index in [-0.39, 0.29) is 11.9 Å².